The van der Waals surface area contributed by atoms with Crippen molar-refractivity contribution < 1.29 is 33.8 Å². The van der Waals surface area contributed by atoms with Gasteiger partial charge in [0.1, 0.15) is 19.3 Å². The fourth-order valence-electron chi connectivity index (χ4n) is 7.13. The van der Waals surface area contributed by atoms with E-state index in [0.29, 0.717) is 25.9 Å². The van der Waals surface area contributed by atoms with E-state index in [1.807, 2.05) is 66.7 Å². The number of allylic oxidation sites excluding steroid dienone is 1. The van der Waals surface area contributed by atoms with E-state index in [1.165, 1.54) is 0 Å². The molecule has 3 atom stereocenters. The summed E-state index contributed by atoms with van der Waals surface area (Å²) in [5.41, 5.74) is 5.36. The summed E-state index contributed by atoms with van der Waals surface area (Å²) in [5.74, 6) is -1.69. The number of aliphatic hydroxyl groups is 1. The van der Waals surface area contributed by atoms with Gasteiger partial charge in [-0.2, -0.15) is 0 Å². The summed E-state index contributed by atoms with van der Waals surface area (Å²) in [5, 5.41) is 12.4. The highest BCUT2D eigenvalue weighted by atomic mass is 16.6. The van der Waals surface area contributed by atoms with Crippen molar-refractivity contribution in [3.05, 3.63) is 108 Å². The van der Waals surface area contributed by atoms with Gasteiger partial charge in [0.25, 0.3) is 0 Å². The molecule has 0 saturated carbocycles. The first-order valence-corrected chi connectivity index (χ1v) is 17.1. The number of amides is 3. The molecule has 0 bridgehead atoms. The van der Waals surface area contributed by atoms with E-state index < -0.39 is 24.0 Å². The van der Waals surface area contributed by atoms with Gasteiger partial charge in [0.2, 0.25) is 11.8 Å². The fraction of sp³-hybridized carbons (Fsp3) is 0.385. The maximum Gasteiger partial charge on any atom is 0.407 e. The van der Waals surface area contributed by atoms with E-state index in [0.717, 1.165) is 34.2 Å². The van der Waals surface area contributed by atoms with Gasteiger partial charge in [-0.15, -0.1) is 0 Å². The smallest absolute Gasteiger partial charge is 0.407 e. The van der Waals surface area contributed by atoms with Crippen LogP contribution >= 0.6 is 0 Å². The summed E-state index contributed by atoms with van der Waals surface area (Å²) in [6, 6.07) is 24.4. The molecule has 0 unspecified atom stereocenters. The van der Waals surface area contributed by atoms with Gasteiger partial charge in [0.05, 0.1) is 18.6 Å². The topological polar surface area (TPSA) is 125 Å². The normalized spacial score (nSPS) is 21.3. The Kier molecular flexibility index (Phi) is 11.0. The molecule has 49 heavy (non-hydrogen) atoms. The number of aliphatic hydroxyl groups excluding tert-OH is 1. The average Bonchev–Trinajstić information content (AvgIpc) is 3.72. The molecular weight excluding hydrogens is 622 g/mol. The van der Waals surface area contributed by atoms with Gasteiger partial charge in [0, 0.05) is 32.0 Å². The van der Waals surface area contributed by atoms with Gasteiger partial charge in [-0.1, -0.05) is 91.0 Å². The van der Waals surface area contributed by atoms with Crippen LogP contribution in [0.4, 0.5) is 4.79 Å². The summed E-state index contributed by atoms with van der Waals surface area (Å²) >= 11 is 0. The number of esters is 1. The third-order valence-corrected chi connectivity index (χ3v) is 9.67. The number of nitrogens with one attached hydrogen (secondary N) is 1. The Labute approximate surface area is 286 Å². The van der Waals surface area contributed by atoms with Gasteiger partial charge in [-0.05, 0) is 53.5 Å². The van der Waals surface area contributed by atoms with Crippen LogP contribution in [-0.2, 0) is 30.4 Å². The SMILES string of the molecule is O=C(N[C@H]1C/C=C\C[C@@H](CC(=O)N(CCO)Cc2ccccc2)C(=O)N2CCC[C@@H]2COC1=O)OCC1c2ccccc2-c2ccccc21. The molecular formula is C39H43N3O7. The van der Waals surface area contributed by atoms with Crippen molar-refractivity contribution >= 4 is 23.9 Å². The number of carbonyl (C=O) groups excluding carboxylic acids is 4. The van der Waals surface area contributed by atoms with Crippen LogP contribution in [0.1, 0.15) is 54.7 Å². The van der Waals surface area contributed by atoms with Gasteiger partial charge >= 0.3 is 12.1 Å². The number of alkyl carbamates (subject to hydrolysis) is 1. The lowest BCUT2D eigenvalue weighted by Gasteiger charge is -2.30. The second-order valence-electron chi connectivity index (χ2n) is 12.8. The molecule has 3 aromatic rings. The molecule has 1 fully saturated rings. The quantitative estimate of drug-likeness (QED) is 0.248. The lowest BCUT2D eigenvalue weighted by atomic mass is 9.97. The third-order valence-electron chi connectivity index (χ3n) is 9.67. The summed E-state index contributed by atoms with van der Waals surface area (Å²) in [6.45, 7) is 0.945. The molecule has 10 nitrogen and oxygen atoms in total. The predicted octanol–water partition coefficient (Wildman–Crippen LogP) is 4.81. The Balaban J connectivity index is 1.12. The number of benzene rings is 3. The zero-order chi connectivity index (χ0) is 34.2. The van der Waals surface area contributed by atoms with Crippen molar-refractivity contribution in [2.45, 2.75) is 56.7 Å². The molecule has 2 heterocycles. The minimum absolute atomic E-state index is 0.00245. The monoisotopic (exact) mass is 665 g/mol. The summed E-state index contributed by atoms with van der Waals surface area (Å²) < 4.78 is 11.4. The number of rotatable bonds is 9. The van der Waals surface area contributed by atoms with E-state index in [-0.39, 0.29) is 63.0 Å². The first-order valence-electron chi connectivity index (χ1n) is 17.1. The Hall–Kier alpha value is -4.96. The van der Waals surface area contributed by atoms with Crippen molar-refractivity contribution in [3.8, 4) is 11.1 Å². The molecule has 3 aromatic carbocycles. The van der Waals surface area contributed by atoms with Crippen LogP contribution in [-0.4, -0.2) is 83.8 Å². The molecule has 3 amide bonds. The Morgan fingerprint density at radius 3 is 2.31 bits per heavy atom. The molecule has 1 aliphatic carbocycles. The van der Waals surface area contributed by atoms with Crippen LogP contribution < -0.4 is 5.32 Å². The number of cyclic esters (lactones) is 1. The largest absolute Gasteiger partial charge is 0.462 e. The standard InChI is InChI=1S/C39H43N3O7/c43-22-21-41(24-27-11-2-1-3-12-27)36(44)23-28-13-4-9-19-35(38(46)48-25-29-14-10-20-42(29)37(28)45)40-39(47)49-26-34-32-17-7-5-15-30(32)31-16-6-8-18-33(31)34/h1-9,11-12,15-18,28-29,34-35,43H,10,13-14,19-26H2,(H,40,47)/b9-4-/t28-,29+,35-/m0/s1. The first-order chi connectivity index (χ1) is 23.9. The van der Waals surface area contributed by atoms with Crippen molar-refractivity contribution in [2.75, 3.05) is 32.9 Å². The number of ether oxygens (including phenoxy) is 2. The average molecular weight is 666 g/mol. The molecule has 0 radical (unpaired) electrons. The van der Waals surface area contributed by atoms with E-state index in [2.05, 4.69) is 17.4 Å². The minimum atomic E-state index is -0.983. The highest BCUT2D eigenvalue weighted by Gasteiger charge is 2.36. The number of hydrogen-bond donors (Lipinski definition) is 2. The fourth-order valence-corrected chi connectivity index (χ4v) is 7.13. The van der Waals surface area contributed by atoms with Gasteiger partial charge in [-0.3, -0.25) is 9.59 Å². The van der Waals surface area contributed by atoms with Crippen molar-refractivity contribution in [3.63, 3.8) is 0 Å². The molecule has 0 spiro atoms. The Bertz CT molecular complexity index is 1630. The lowest BCUT2D eigenvalue weighted by molar-refractivity contribution is -0.150. The Morgan fingerprint density at radius 1 is 0.918 bits per heavy atom. The Morgan fingerprint density at radius 2 is 1.59 bits per heavy atom. The highest BCUT2D eigenvalue weighted by molar-refractivity contribution is 5.87. The zero-order valence-electron chi connectivity index (χ0n) is 27.5. The second-order valence-corrected chi connectivity index (χ2v) is 12.8. The van der Waals surface area contributed by atoms with Crippen LogP contribution in [0, 0.1) is 5.92 Å². The van der Waals surface area contributed by atoms with E-state index in [1.54, 1.807) is 22.0 Å². The molecule has 1 saturated heterocycles. The molecule has 0 aromatic heterocycles. The second kappa shape index (κ2) is 16.0. The molecule has 10 heteroatoms. The van der Waals surface area contributed by atoms with E-state index in [4.69, 9.17) is 9.47 Å². The minimum Gasteiger partial charge on any atom is -0.462 e. The molecule has 6 rings (SSSR count). The first kappa shape index (κ1) is 33.9. The number of fused-ring (bicyclic) bond motifs is 4. The van der Waals surface area contributed by atoms with E-state index >= 15 is 0 Å². The van der Waals surface area contributed by atoms with Crippen molar-refractivity contribution in [1.82, 2.24) is 15.1 Å². The van der Waals surface area contributed by atoms with Crippen molar-refractivity contribution in [2.24, 2.45) is 5.92 Å². The zero-order valence-corrected chi connectivity index (χ0v) is 27.5. The van der Waals surface area contributed by atoms with Crippen LogP contribution in [0.25, 0.3) is 11.1 Å². The van der Waals surface area contributed by atoms with Crippen LogP contribution in [0.5, 0.6) is 0 Å². The number of carbonyl (C=O) groups is 4. The molecule has 3 aliphatic rings. The predicted molar refractivity (Wildman–Crippen MR) is 183 cm³/mol. The number of hydrogen-bond acceptors (Lipinski definition) is 7. The van der Waals surface area contributed by atoms with Gasteiger partial charge < -0.3 is 29.7 Å². The van der Waals surface area contributed by atoms with Crippen LogP contribution in [0.15, 0.2) is 91.0 Å². The third kappa shape index (κ3) is 8.03. The lowest BCUT2D eigenvalue weighted by Crippen LogP contribution is -2.46. The maximum atomic E-state index is 13.8. The van der Waals surface area contributed by atoms with Gasteiger partial charge in [-0.25, -0.2) is 9.59 Å². The molecule has 2 N–H and O–H groups in total. The summed E-state index contributed by atoms with van der Waals surface area (Å²) in [4.78, 5) is 56.9. The number of nitrogens with zero attached hydrogens (tertiary/aromatic N) is 2. The summed E-state index contributed by atoms with van der Waals surface area (Å²) in [7, 11) is 0. The van der Waals surface area contributed by atoms with Crippen LogP contribution in [0.3, 0.4) is 0 Å². The maximum absolute atomic E-state index is 13.8. The van der Waals surface area contributed by atoms with E-state index in [9.17, 15) is 24.3 Å². The molecule has 256 valence electrons. The van der Waals surface area contributed by atoms with Crippen LogP contribution in [0.2, 0.25) is 0 Å². The summed E-state index contributed by atoms with van der Waals surface area (Å²) in [6.07, 6.45) is 4.65. The molecule has 2 aliphatic heterocycles. The van der Waals surface area contributed by atoms with Gasteiger partial charge in [0.15, 0.2) is 0 Å². The van der Waals surface area contributed by atoms with Crippen molar-refractivity contribution in [1.29, 1.82) is 0 Å². The highest BCUT2D eigenvalue weighted by Crippen LogP contribution is 2.44.